The second-order valence-corrected chi connectivity index (χ2v) is 4.78. The van der Waals surface area contributed by atoms with Crippen LogP contribution in [0.15, 0.2) is 24.3 Å². The lowest BCUT2D eigenvalue weighted by Crippen LogP contribution is -2.01. The molecule has 2 aromatic rings. The van der Waals surface area contributed by atoms with Gasteiger partial charge >= 0.3 is 5.97 Å². The molecule has 88 valence electrons. The lowest BCUT2D eigenvalue weighted by molar-refractivity contribution is -0.136. The van der Waals surface area contributed by atoms with Crippen LogP contribution in [0.1, 0.15) is 10.6 Å². The number of hydrogen-bond acceptors (Lipinski definition) is 3. The second kappa shape index (κ2) is 4.63. The monoisotopic (exact) mass is 251 g/mol. The van der Waals surface area contributed by atoms with Gasteiger partial charge in [-0.05, 0) is 19.1 Å². The zero-order chi connectivity index (χ0) is 12.4. The summed E-state index contributed by atoms with van der Waals surface area (Å²) in [6, 6.07) is 6.34. The zero-order valence-electron chi connectivity index (χ0n) is 9.11. The van der Waals surface area contributed by atoms with E-state index in [2.05, 4.69) is 4.98 Å². The summed E-state index contributed by atoms with van der Waals surface area (Å²) in [5, 5.41) is 9.24. The van der Waals surface area contributed by atoms with Gasteiger partial charge in [-0.25, -0.2) is 9.37 Å². The van der Waals surface area contributed by atoms with Crippen LogP contribution in [0.3, 0.4) is 0 Å². The van der Waals surface area contributed by atoms with E-state index in [0.717, 1.165) is 4.88 Å². The highest BCUT2D eigenvalue weighted by Crippen LogP contribution is 2.29. The average molecular weight is 251 g/mol. The van der Waals surface area contributed by atoms with Crippen LogP contribution in [0.5, 0.6) is 0 Å². The maximum absolute atomic E-state index is 13.5. The van der Waals surface area contributed by atoms with Crippen LogP contribution in [0.2, 0.25) is 0 Å². The molecule has 5 heteroatoms. The van der Waals surface area contributed by atoms with Crippen molar-refractivity contribution in [3.63, 3.8) is 0 Å². The number of aryl methyl sites for hydroxylation is 1. The fraction of sp³-hybridized carbons (Fsp3) is 0.167. The topological polar surface area (TPSA) is 50.2 Å². The smallest absolute Gasteiger partial charge is 0.309 e. The SMILES string of the molecule is Cc1sc(-c2ccccc2F)nc1CC(=O)O. The molecule has 0 saturated carbocycles. The van der Waals surface area contributed by atoms with Gasteiger partial charge in [0.25, 0.3) is 0 Å². The van der Waals surface area contributed by atoms with E-state index in [-0.39, 0.29) is 12.2 Å². The van der Waals surface area contributed by atoms with Crippen LogP contribution in [-0.2, 0) is 11.2 Å². The van der Waals surface area contributed by atoms with Crippen molar-refractivity contribution in [1.82, 2.24) is 4.98 Å². The standard InChI is InChI=1S/C12H10FNO2S/c1-7-10(6-11(15)16)14-12(17-7)8-4-2-3-5-9(8)13/h2-5H,6H2,1H3,(H,15,16). The fourth-order valence-corrected chi connectivity index (χ4v) is 2.44. The largest absolute Gasteiger partial charge is 0.481 e. The van der Waals surface area contributed by atoms with E-state index in [1.165, 1.54) is 17.4 Å². The molecule has 0 spiro atoms. The molecule has 1 N–H and O–H groups in total. The van der Waals surface area contributed by atoms with E-state index < -0.39 is 5.97 Å². The lowest BCUT2D eigenvalue weighted by Gasteiger charge is -1.96. The molecule has 1 aromatic heterocycles. The number of aromatic nitrogens is 1. The van der Waals surface area contributed by atoms with Crippen molar-refractivity contribution in [1.29, 1.82) is 0 Å². The highest BCUT2D eigenvalue weighted by molar-refractivity contribution is 7.15. The maximum Gasteiger partial charge on any atom is 0.309 e. The molecule has 0 radical (unpaired) electrons. The quantitative estimate of drug-likeness (QED) is 0.912. The van der Waals surface area contributed by atoms with Crippen LogP contribution in [0, 0.1) is 12.7 Å². The predicted octanol–water partition coefficient (Wildman–Crippen LogP) is 2.88. The predicted molar refractivity (Wildman–Crippen MR) is 63.6 cm³/mol. The van der Waals surface area contributed by atoms with Gasteiger partial charge in [0.2, 0.25) is 0 Å². The normalized spacial score (nSPS) is 10.5. The molecule has 0 unspecified atom stereocenters. The molecule has 3 nitrogen and oxygen atoms in total. The fourth-order valence-electron chi connectivity index (χ4n) is 1.49. The molecule has 2 rings (SSSR count). The molecular formula is C12H10FNO2S. The number of nitrogens with zero attached hydrogens (tertiary/aromatic N) is 1. The van der Waals surface area contributed by atoms with Crippen molar-refractivity contribution in [3.05, 3.63) is 40.7 Å². The van der Waals surface area contributed by atoms with Crippen LogP contribution in [0.25, 0.3) is 10.6 Å². The first-order valence-electron chi connectivity index (χ1n) is 5.01. The Bertz CT molecular complexity index is 565. The van der Waals surface area contributed by atoms with Gasteiger partial charge in [0.1, 0.15) is 10.8 Å². The number of halogens is 1. The van der Waals surface area contributed by atoms with E-state index >= 15 is 0 Å². The minimum Gasteiger partial charge on any atom is -0.481 e. The summed E-state index contributed by atoms with van der Waals surface area (Å²) in [5.41, 5.74) is 0.915. The lowest BCUT2D eigenvalue weighted by atomic mass is 10.2. The Kier molecular flexibility index (Phi) is 3.19. The Labute approximate surface area is 102 Å². The van der Waals surface area contributed by atoms with Crippen LogP contribution >= 0.6 is 11.3 Å². The Morgan fingerprint density at radius 1 is 1.47 bits per heavy atom. The molecule has 0 amide bonds. The number of carboxylic acid groups (broad SMARTS) is 1. The molecule has 17 heavy (non-hydrogen) atoms. The Morgan fingerprint density at radius 2 is 2.18 bits per heavy atom. The second-order valence-electron chi connectivity index (χ2n) is 3.57. The molecule has 0 fully saturated rings. The number of thiazole rings is 1. The summed E-state index contributed by atoms with van der Waals surface area (Å²) in [5.74, 6) is -1.28. The van der Waals surface area contributed by atoms with Gasteiger partial charge < -0.3 is 5.11 Å². The Morgan fingerprint density at radius 3 is 2.82 bits per heavy atom. The van der Waals surface area contributed by atoms with Crippen LogP contribution in [-0.4, -0.2) is 16.1 Å². The summed E-state index contributed by atoms with van der Waals surface area (Å²) in [4.78, 5) is 15.6. The van der Waals surface area contributed by atoms with Crippen molar-refractivity contribution in [2.45, 2.75) is 13.3 Å². The summed E-state index contributed by atoms with van der Waals surface area (Å²) in [6.45, 7) is 1.79. The van der Waals surface area contributed by atoms with Gasteiger partial charge in [0.05, 0.1) is 12.1 Å². The molecule has 1 heterocycles. The van der Waals surface area contributed by atoms with E-state index in [1.807, 2.05) is 0 Å². The molecule has 0 aliphatic carbocycles. The molecule has 0 atom stereocenters. The first-order valence-corrected chi connectivity index (χ1v) is 5.82. The van der Waals surface area contributed by atoms with Gasteiger partial charge in [-0.1, -0.05) is 12.1 Å². The van der Waals surface area contributed by atoms with Gasteiger partial charge in [-0.3, -0.25) is 4.79 Å². The van der Waals surface area contributed by atoms with Gasteiger partial charge in [0, 0.05) is 10.4 Å². The summed E-state index contributed by atoms with van der Waals surface area (Å²) >= 11 is 1.31. The average Bonchev–Trinajstić information content (AvgIpc) is 2.60. The van der Waals surface area contributed by atoms with Crippen molar-refractivity contribution < 1.29 is 14.3 Å². The van der Waals surface area contributed by atoms with Crippen molar-refractivity contribution in [2.24, 2.45) is 0 Å². The van der Waals surface area contributed by atoms with E-state index in [9.17, 15) is 9.18 Å². The van der Waals surface area contributed by atoms with Gasteiger partial charge in [-0.15, -0.1) is 11.3 Å². The first kappa shape index (κ1) is 11.7. The van der Waals surface area contributed by atoms with E-state index in [0.29, 0.717) is 16.3 Å². The van der Waals surface area contributed by atoms with Crippen molar-refractivity contribution in [2.75, 3.05) is 0 Å². The third kappa shape index (κ3) is 2.50. The van der Waals surface area contributed by atoms with Crippen LogP contribution in [0.4, 0.5) is 4.39 Å². The highest BCUT2D eigenvalue weighted by atomic mass is 32.1. The molecule has 0 bridgehead atoms. The third-order valence-corrected chi connectivity index (χ3v) is 3.36. The minimum absolute atomic E-state index is 0.128. The number of carboxylic acids is 1. The van der Waals surface area contributed by atoms with Crippen molar-refractivity contribution >= 4 is 17.3 Å². The van der Waals surface area contributed by atoms with E-state index in [4.69, 9.17) is 5.11 Å². The molecule has 0 aliphatic rings. The van der Waals surface area contributed by atoms with Crippen LogP contribution < -0.4 is 0 Å². The number of rotatable bonds is 3. The molecule has 0 aliphatic heterocycles. The van der Waals surface area contributed by atoms with Gasteiger partial charge in [-0.2, -0.15) is 0 Å². The minimum atomic E-state index is -0.932. The summed E-state index contributed by atoms with van der Waals surface area (Å²) in [6.07, 6.45) is -0.128. The number of carbonyl (C=O) groups is 1. The maximum atomic E-state index is 13.5. The van der Waals surface area contributed by atoms with Crippen molar-refractivity contribution in [3.8, 4) is 10.6 Å². The molecular weight excluding hydrogens is 241 g/mol. The Hall–Kier alpha value is -1.75. The van der Waals surface area contributed by atoms with E-state index in [1.54, 1.807) is 25.1 Å². The zero-order valence-corrected chi connectivity index (χ0v) is 9.92. The number of aliphatic carboxylic acids is 1. The Balaban J connectivity index is 2.41. The summed E-state index contributed by atoms with van der Waals surface area (Å²) in [7, 11) is 0. The van der Waals surface area contributed by atoms with Gasteiger partial charge in [0.15, 0.2) is 0 Å². The third-order valence-electron chi connectivity index (χ3n) is 2.32. The number of hydrogen-bond donors (Lipinski definition) is 1. The summed E-state index contributed by atoms with van der Waals surface area (Å²) < 4.78 is 13.5. The first-order chi connectivity index (χ1) is 8.08. The highest BCUT2D eigenvalue weighted by Gasteiger charge is 2.14. The molecule has 1 aromatic carbocycles. The number of benzene rings is 1. The molecule has 0 saturated heterocycles.